The van der Waals surface area contributed by atoms with E-state index in [2.05, 4.69) is 35.0 Å². The van der Waals surface area contributed by atoms with Gasteiger partial charge in [0, 0.05) is 30.1 Å². The lowest BCUT2D eigenvalue weighted by Crippen LogP contribution is -2.16. The standard InChI is InChI=1S/C14H19NOS2/c16-7-3-8-17-9-6-15-10-12-11-18-14-5-2-1-4-13(12)14/h1-2,4-5,11,15-16H,3,6-10H2. The number of thiophene rings is 1. The van der Waals surface area contributed by atoms with Gasteiger partial charge in [-0.05, 0) is 34.6 Å². The maximum atomic E-state index is 8.67. The van der Waals surface area contributed by atoms with E-state index < -0.39 is 0 Å². The van der Waals surface area contributed by atoms with Gasteiger partial charge >= 0.3 is 0 Å². The third kappa shape index (κ3) is 3.99. The Morgan fingerprint density at radius 1 is 1.22 bits per heavy atom. The lowest BCUT2D eigenvalue weighted by atomic mass is 10.2. The maximum absolute atomic E-state index is 8.67. The Morgan fingerprint density at radius 2 is 2.11 bits per heavy atom. The van der Waals surface area contributed by atoms with E-state index >= 15 is 0 Å². The minimum absolute atomic E-state index is 0.307. The molecule has 0 radical (unpaired) electrons. The number of aliphatic hydroxyl groups is 1. The van der Waals surface area contributed by atoms with E-state index in [4.69, 9.17) is 5.11 Å². The van der Waals surface area contributed by atoms with E-state index in [1.165, 1.54) is 15.6 Å². The quantitative estimate of drug-likeness (QED) is 0.729. The van der Waals surface area contributed by atoms with Crippen LogP contribution in [0.2, 0.25) is 0 Å². The van der Waals surface area contributed by atoms with Crippen molar-refractivity contribution in [1.82, 2.24) is 5.32 Å². The van der Waals surface area contributed by atoms with Crippen LogP contribution in [0.1, 0.15) is 12.0 Å². The van der Waals surface area contributed by atoms with Crippen LogP contribution in [0.5, 0.6) is 0 Å². The fourth-order valence-corrected chi connectivity index (χ4v) is 3.59. The number of rotatable bonds is 8. The van der Waals surface area contributed by atoms with Crippen molar-refractivity contribution in [1.29, 1.82) is 0 Å². The lowest BCUT2D eigenvalue weighted by Gasteiger charge is -2.04. The Labute approximate surface area is 116 Å². The molecule has 1 heterocycles. The molecule has 0 fully saturated rings. The van der Waals surface area contributed by atoms with E-state index in [0.717, 1.165) is 31.0 Å². The topological polar surface area (TPSA) is 32.3 Å². The van der Waals surface area contributed by atoms with Gasteiger partial charge in [0.15, 0.2) is 0 Å². The second-order valence-corrected chi connectivity index (χ2v) is 6.26. The summed E-state index contributed by atoms with van der Waals surface area (Å²) in [6, 6.07) is 8.56. The third-order valence-corrected chi connectivity index (χ3v) is 4.83. The molecule has 0 amide bonds. The Bertz CT molecular complexity index is 470. The van der Waals surface area contributed by atoms with Gasteiger partial charge in [-0.2, -0.15) is 11.8 Å². The molecule has 2 nitrogen and oxygen atoms in total. The smallest absolute Gasteiger partial charge is 0.0438 e. The summed E-state index contributed by atoms with van der Waals surface area (Å²) >= 11 is 3.71. The molecular weight excluding hydrogens is 262 g/mol. The van der Waals surface area contributed by atoms with Crippen molar-refractivity contribution in [3.63, 3.8) is 0 Å². The molecule has 1 aromatic carbocycles. The molecule has 4 heteroatoms. The number of nitrogens with one attached hydrogen (secondary N) is 1. The van der Waals surface area contributed by atoms with Crippen LogP contribution < -0.4 is 5.32 Å². The summed E-state index contributed by atoms with van der Waals surface area (Å²) in [7, 11) is 0. The average Bonchev–Trinajstić information content (AvgIpc) is 2.81. The summed E-state index contributed by atoms with van der Waals surface area (Å²) in [6.07, 6.45) is 0.903. The molecule has 0 atom stereocenters. The largest absolute Gasteiger partial charge is 0.396 e. The van der Waals surface area contributed by atoms with Crippen molar-refractivity contribution >= 4 is 33.2 Å². The highest BCUT2D eigenvalue weighted by atomic mass is 32.2. The van der Waals surface area contributed by atoms with Crippen molar-refractivity contribution in [2.24, 2.45) is 0 Å². The summed E-state index contributed by atoms with van der Waals surface area (Å²) in [5.74, 6) is 2.17. The second-order valence-electron chi connectivity index (χ2n) is 4.12. The Morgan fingerprint density at radius 3 is 3.00 bits per heavy atom. The minimum atomic E-state index is 0.307. The molecule has 98 valence electrons. The van der Waals surface area contributed by atoms with Gasteiger partial charge in [-0.25, -0.2) is 0 Å². The number of benzene rings is 1. The fraction of sp³-hybridized carbons (Fsp3) is 0.429. The van der Waals surface area contributed by atoms with Crippen LogP contribution in [-0.4, -0.2) is 29.8 Å². The zero-order valence-electron chi connectivity index (χ0n) is 10.4. The van der Waals surface area contributed by atoms with Gasteiger partial charge in [0.05, 0.1) is 0 Å². The molecule has 0 aliphatic carbocycles. The van der Waals surface area contributed by atoms with Crippen molar-refractivity contribution < 1.29 is 5.11 Å². The Kier molecular flexibility index (Phi) is 6.00. The molecule has 0 saturated carbocycles. The molecule has 0 bridgehead atoms. The van der Waals surface area contributed by atoms with Crippen LogP contribution in [0.15, 0.2) is 29.6 Å². The van der Waals surface area contributed by atoms with Crippen LogP contribution in [-0.2, 0) is 6.54 Å². The minimum Gasteiger partial charge on any atom is -0.396 e. The normalized spacial score (nSPS) is 11.2. The number of hydrogen-bond acceptors (Lipinski definition) is 4. The molecule has 0 aliphatic rings. The third-order valence-electron chi connectivity index (χ3n) is 2.75. The van der Waals surface area contributed by atoms with E-state index in [-0.39, 0.29) is 0 Å². The highest BCUT2D eigenvalue weighted by Crippen LogP contribution is 2.25. The summed E-state index contributed by atoms with van der Waals surface area (Å²) < 4.78 is 1.37. The first kappa shape index (κ1) is 13.9. The monoisotopic (exact) mass is 281 g/mol. The molecule has 1 aromatic heterocycles. The predicted octanol–water partition coefficient (Wildman–Crippen LogP) is 3.11. The number of thioether (sulfide) groups is 1. The first-order chi connectivity index (χ1) is 8.92. The van der Waals surface area contributed by atoms with Gasteiger partial charge in [0.2, 0.25) is 0 Å². The molecule has 0 spiro atoms. The van der Waals surface area contributed by atoms with Gasteiger partial charge < -0.3 is 10.4 Å². The molecule has 2 N–H and O–H groups in total. The summed E-state index contributed by atoms with van der Waals surface area (Å²) in [6.45, 7) is 2.28. The predicted molar refractivity (Wildman–Crippen MR) is 82.6 cm³/mol. The number of fused-ring (bicyclic) bond motifs is 1. The molecule has 0 aliphatic heterocycles. The van der Waals surface area contributed by atoms with Crippen LogP contribution >= 0.6 is 23.1 Å². The van der Waals surface area contributed by atoms with Crippen molar-refractivity contribution in [3.8, 4) is 0 Å². The van der Waals surface area contributed by atoms with Crippen LogP contribution in [0.25, 0.3) is 10.1 Å². The van der Waals surface area contributed by atoms with Gasteiger partial charge in [-0.1, -0.05) is 18.2 Å². The van der Waals surface area contributed by atoms with Crippen molar-refractivity contribution in [2.75, 3.05) is 24.7 Å². The van der Waals surface area contributed by atoms with E-state index in [9.17, 15) is 0 Å². The van der Waals surface area contributed by atoms with Crippen molar-refractivity contribution in [2.45, 2.75) is 13.0 Å². The van der Waals surface area contributed by atoms with Gasteiger partial charge in [0.25, 0.3) is 0 Å². The molecule has 0 saturated heterocycles. The molecule has 0 unspecified atom stereocenters. The molecule has 18 heavy (non-hydrogen) atoms. The van der Waals surface area contributed by atoms with E-state index in [0.29, 0.717) is 6.61 Å². The fourth-order valence-electron chi connectivity index (χ4n) is 1.81. The summed E-state index contributed by atoms with van der Waals surface area (Å²) in [5, 5.41) is 15.8. The van der Waals surface area contributed by atoms with Gasteiger partial charge in [0.1, 0.15) is 0 Å². The SMILES string of the molecule is OCCCSCCNCc1csc2ccccc12. The zero-order valence-corrected chi connectivity index (χ0v) is 12.0. The van der Waals surface area contributed by atoms with Crippen LogP contribution in [0, 0.1) is 0 Å². The molecule has 2 rings (SSSR count). The van der Waals surface area contributed by atoms with Crippen LogP contribution in [0.4, 0.5) is 0 Å². The highest BCUT2D eigenvalue weighted by molar-refractivity contribution is 7.99. The maximum Gasteiger partial charge on any atom is 0.0438 e. The Hall–Kier alpha value is -0.550. The van der Waals surface area contributed by atoms with E-state index in [1.54, 1.807) is 0 Å². The van der Waals surface area contributed by atoms with Gasteiger partial charge in [-0.3, -0.25) is 0 Å². The average molecular weight is 281 g/mol. The summed E-state index contributed by atoms with van der Waals surface area (Å²) in [4.78, 5) is 0. The first-order valence-corrected chi connectivity index (χ1v) is 8.29. The Balaban J connectivity index is 1.70. The van der Waals surface area contributed by atoms with Crippen LogP contribution in [0.3, 0.4) is 0 Å². The lowest BCUT2D eigenvalue weighted by molar-refractivity contribution is 0.296. The number of aliphatic hydroxyl groups excluding tert-OH is 1. The highest BCUT2D eigenvalue weighted by Gasteiger charge is 2.02. The van der Waals surface area contributed by atoms with Crippen molar-refractivity contribution in [3.05, 3.63) is 35.2 Å². The first-order valence-electron chi connectivity index (χ1n) is 6.26. The summed E-state index contributed by atoms with van der Waals surface area (Å²) in [5.41, 5.74) is 1.40. The van der Waals surface area contributed by atoms with E-state index in [1.807, 2.05) is 23.1 Å². The molecular formula is C14H19NOS2. The second kappa shape index (κ2) is 7.79. The number of hydrogen-bond donors (Lipinski definition) is 2. The zero-order chi connectivity index (χ0) is 12.6. The van der Waals surface area contributed by atoms with Gasteiger partial charge in [-0.15, -0.1) is 11.3 Å². The molecule has 2 aromatic rings.